The SMILES string of the molecule is COc1cc(/C=C/C(=O)Nc2ccc(Cl)c(-c3nnc4n3CCCCC4)c2)cc(OC)c1. The fourth-order valence-corrected chi connectivity index (χ4v) is 3.94. The minimum absolute atomic E-state index is 0.264. The lowest BCUT2D eigenvalue weighted by atomic mass is 10.1. The molecule has 0 saturated carbocycles. The van der Waals surface area contributed by atoms with Crippen LogP contribution in [0.3, 0.4) is 0 Å². The van der Waals surface area contributed by atoms with E-state index < -0.39 is 0 Å². The molecule has 2 aromatic carbocycles. The number of amides is 1. The van der Waals surface area contributed by atoms with Crippen molar-refractivity contribution in [3.8, 4) is 22.9 Å². The van der Waals surface area contributed by atoms with E-state index >= 15 is 0 Å². The van der Waals surface area contributed by atoms with Gasteiger partial charge in [0.25, 0.3) is 0 Å². The number of halogens is 1. The molecule has 0 aliphatic carbocycles. The summed E-state index contributed by atoms with van der Waals surface area (Å²) in [5.74, 6) is 2.76. The van der Waals surface area contributed by atoms with E-state index in [4.69, 9.17) is 21.1 Å². The van der Waals surface area contributed by atoms with Gasteiger partial charge in [0.1, 0.15) is 17.3 Å². The molecule has 7 nitrogen and oxygen atoms in total. The van der Waals surface area contributed by atoms with Gasteiger partial charge in [-0.2, -0.15) is 0 Å². The third-order valence-corrected chi connectivity index (χ3v) is 5.71. The highest BCUT2D eigenvalue weighted by Gasteiger charge is 2.18. The Morgan fingerprint density at radius 2 is 1.84 bits per heavy atom. The summed E-state index contributed by atoms with van der Waals surface area (Å²) >= 11 is 6.47. The molecule has 0 atom stereocenters. The van der Waals surface area contributed by atoms with Crippen LogP contribution in [0.2, 0.25) is 5.02 Å². The van der Waals surface area contributed by atoms with Crippen molar-refractivity contribution in [2.45, 2.75) is 32.2 Å². The molecular weight excluding hydrogens is 428 g/mol. The molecule has 1 amide bonds. The van der Waals surface area contributed by atoms with Crippen LogP contribution in [0.5, 0.6) is 11.5 Å². The monoisotopic (exact) mass is 452 g/mol. The van der Waals surface area contributed by atoms with Gasteiger partial charge in [0.05, 0.1) is 19.2 Å². The third-order valence-electron chi connectivity index (χ3n) is 5.39. The molecule has 1 aliphatic heterocycles. The number of aryl methyl sites for hydroxylation is 1. The molecule has 0 radical (unpaired) electrons. The number of aromatic nitrogens is 3. The molecule has 1 aliphatic rings. The Labute approximate surface area is 192 Å². The lowest BCUT2D eigenvalue weighted by Gasteiger charge is -2.10. The fourth-order valence-electron chi connectivity index (χ4n) is 3.74. The lowest BCUT2D eigenvalue weighted by molar-refractivity contribution is -0.111. The van der Waals surface area contributed by atoms with Crippen molar-refractivity contribution in [3.05, 3.63) is 58.9 Å². The third kappa shape index (κ3) is 4.94. The molecule has 1 aromatic heterocycles. The molecule has 32 heavy (non-hydrogen) atoms. The van der Waals surface area contributed by atoms with Crippen LogP contribution in [-0.2, 0) is 17.8 Å². The van der Waals surface area contributed by atoms with Gasteiger partial charge < -0.3 is 19.4 Å². The Morgan fingerprint density at radius 3 is 2.59 bits per heavy atom. The van der Waals surface area contributed by atoms with Crippen molar-refractivity contribution in [3.63, 3.8) is 0 Å². The number of methoxy groups -OCH3 is 2. The maximum atomic E-state index is 12.5. The molecule has 2 heterocycles. The van der Waals surface area contributed by atoms with Crippen molar-refractivity contribution in [2.75, 3.05) is 19.5 Å². The quantitative estimate of drug-likeness (QED) is 0.533. The highest BCUT2D eigenvalue weighted by Crippen LogP contribution is 2.31. The van der Waals surface area contributed by atoms with Crippen LogP contribution in [0.4, 0.5) is 5.69 Å². The van der Waals surface area contributed by atoms with Crippen LogP contribution in [-0.4, -0.2) is 34.9 Å². The maximum absolute atomic E-state index is 12.5. The second kappa shape index (κ2) is 9.87. The van der Waals surface area contributed by atoms with Crippen molar-refractivity contribution in [2.24, 2.45) is 0 Å². The molecule has 4 rings (SSSR count). The first-order valence-corrected chi connectivity index (χ1v) is 10.9. The number of benzene rings is 2. The summed E-state index contributed by atoms with van der Waals surface area (Å²) in [7, 11) is 3.17. The number of nitrogens with one attached hydrogen (secondary N) is 1. The lowest BCUT2D eigenvalue weighted by Crippen LogP contribution is -2.08. The second-order valence-corrected chi connectivity index (χ2v) is 7.97. The summed E-state index contributed by atoms with van der Waals surface area (Å²) in [6, 6.07) is 10.8. The average molecular weight is 453 g/mol. The Morgan fingerprint density at radius 1 is 1.06 bits per heavy atom. The van der Waals surface area contributed by atoms with Crippen LogP contribution in [0.25, 0.3) is 17.5 Å². The summed E-state index contributed by atoms with van der Waals surface area (Å²) in [5.41, 5.74) is 2.18. The zero-order valence-electron chi connectivity index (χ0n) is 18.1. The van der Waals surface area contributed by atoms with E-state index in [0.29, 0.717) is 22.2 Å². The standard InChI is InChI=1S/C24H25ClN4O3/c1-31-18-12-16(13-19(15-18)32-2)7-10-23(30)26-17-8-9-21(25)20(14-17)24-28-27-22-6-4-3-5-11-29(22)24/h7-10,12-15H,3-6,11H2,1-2H3,(H,26,30)/b10-7+. The molecular formula is C24H25ClN4O3. The average Bonchev–Trinajstić information content (AvgIpc) is 3.06. The summed E-state index contributed by atoms with van der Waals surface area (Å²) < 4.78 is 12.7. The summed E-state index contributed by atoms with van der Waals surface area (Å²) in [6.45, 7) is 0.872. The second-order valence-electron chi connectivity index (χ2n) is 7.57. The fraction of sp³-hybridized carbons (Fsp3) is 0.292. The molecule has 0 saturated heterocycles. The Kier molecular flexibility index (Phi) is 6.75. The van der Waals surface area contributed by atoms with Gasteiger partial charge in [-0.3, -0.25) is 4.79 Å². The largest absolute Gasteiger partial charge is 0.497 e. The molecule has 166 valence electrons. The molecule has 0 bridgehead atoms. The van der Waals surface area contributed by atoms with Gasteiger partial charge in [-0.05, 0) is 54.8 Å². The summed E-state index contributed by atoms with van der Waals surface area (Å²) in [5, 5.41) is 12.2. The smallest absolute Gasteiger partial charge is 0.248 e. The number of carbonyl (C=O) groups excluding carboxylic acids is 1. The zero-order valence-corrected chi connectivity index (χ0v) is 18.9. The number of hydrogen-bond acceptors (Lipinski definition) is 5. The number of ether oxygens (including phenoxy) is 2. The predicted molar refractivity (Wildman–Crippen MR) is 125 cm³/mol. The van der Waals surface area contributed by atoms with Crippen LogP contribution in [0, 0.1) is 0 Å². The highest BCUT2D eigenvalue weighted by atomic mass is 35.5. The summed E-state index contributed by atoms with van der Waals surface area (Å²) in [4.78, 5) is 12.5. The van der Waals surface area contributed by atoms with E-state index in [1.54, 1.807) is 38.5 Å². The number of fused-ring (bicyclic) bond motifs is 1. The van der Waals surface area contributed by atoms with Crippen molar-refractivity contribution < 1.29 is 14.3 Å². The van der Waals surface area contributed by atoms with Crippen LogP contribution in [0.15, 0.2) is 42.5 Å². The number of carbonyl (C=O) groups is 1. The Balaban J connectivity index is 1.53. The number of hydrogen-bond donors (Lipinski definition) is 1. The minimum atomic E-state index is -0.264. The first-order chi connectivity index (χ1) is 15.6. The first-order valence-electron chi connectivity index (χ1n) is 10.5. The topological polar surface area (TPSA) is 78.3 Å². The molecule has 8 heteroatoms. The van der Waals surface area contributed by atoms with Crippen LogP contribution >= 0.6 is 11.6 Å². The van der Waals surface area contributed by atoms with E-state index in [1.165, 1.54) is 12.5 Å². The minimum Gasteiger partial charge on any atom is -0.497 e. The normalized spacial score (nSPS) is 13.5. The highest BCUT2D eigenvalue weighted by molar-refractivity contribution is 6.33. The molecule has 3 aromatic rings. The van der Waals surface area contributed by atoms with E-state index in [9.17, 15) is 4.79 Å². The van der Waals surface area contributed by atoms with E-state index in [0.717, 1.165) is 48.6 Å². The molecule has 0 spiro atoms. The van der Waals surface area contributed by atoms with Gasteiger partial charge in [-0.15, -0.1) is 10.2 Å². The van der Waals surface area contributed by atoms with Gasteiger partial charge in [0.2, 0.25) is 5.91 Å². The van der Waals surface area contributed by atoms with Crippen molar-refractivity contribution in [1.29, 1.82) is 0 Å². The maximum Gasteiger partial charge on any atom is 0.248 e. The van der Waals surface area contributed by atoms with Gasteiger partial charge in [-0.1, -0.05) is 18.0 Å². The molecule has 1 N–H and O–H groups in total. The van der Waals surface area contributed by atoms with Gasteiger partial charge in [-0.25, -0.2) is 0 Å². The molecule has 0 fully saturated rings. The van der Waals surface area contributed by atoms with Crippen molar-refractivity contribution in [1.82, 2.24) is 14.8 Å². The first kappa shape index (κ1) is 21.9. The number of anilines is 1. The van der Waals surface area contributed by atoms with Gasteiger partial charge >= 0.3 is 0 Å². The molecule has 0 unspecified atom stereocenters. The zero-order chi connectivity index (χ0) is 22.5. The Bertz CT molecular complexity index is 1130. The Hall–Kier alpha value is -3.32. The van der Waals surface area contributed by atoms with Crippen molar-refractivity contribution >= 4 is 29.3 Å². The van der Waals surface area contributed by atoms with Gasteiger partial charge in [0.15, 0.2) is 5.82 Å². The van der Waals surface area contributed by atoms with E-state index in [-0.39, 0.29) is 5.91 Å². The predicted octanol–water partition coefficient (Wildman–Crippen LogP) is 4.99. The number of rotatable bonds is 6. The van der Waals surface area contributed by atoms with Gasteiger partial charge in [0, 0.05) is 36.4 Å². The van der Waals surface area contributed by atoms with Crippen LogP contribution in [0.1, 0.15) is 30.7 Å². The van der Waals surface area contributed by atoms with E-state index in [2.05, 4.69) is 20.1 Å². The summed E-state index contributed by atoms with van der Waals surface area (Å²) in [6.07, 6.45) is 7.47. The van der Waals surface area contributed by atoms with E-state index in [1.807, 2.05) is 18.2 Å². The van der Waals surface area contributed by atoms with Crippen LogP contribution < -0.4 is 14.8 Å². The number of nitrogens with zero attached hydrogens (tertiary/aromatic N) is 3.